The molecule has 0 unspecified atom stereocenters. The smallest absolute Gasteiger partial charge is 0.151 e. The van der Waals surface area contributed by atoms with E-state index in [0.717, 1.165) is 0 Å². The van der Waals surface area contributed by atoms with E-state index in [1.807, 2.05) is 0 Å². The third-order valence-electron chi connectivity index (χ3n) is 4.79. The second kappa shape index (κ2) is 6.42. The second-order valence-electron chi connectivity index (χ2n) is 6.79. The molecule has 3 nitrogen and oxygen atoms in total. The van der Waals surface area contributed by atoms with Gasteiger partial charge in [0.2, 0.25) is 0 Å². The van der Waals surface area contributed by atoms with Crippen LogP contribution in [0.15, 0.2) is 54.3 Å². The Hall–Kier alpha value is -1.51. The lowest BCUT2D eigenvalue weighted by Crippen LogP contribution is -2.34. The van der Waals surface area contributed by atoms with Crippen molar-refractivity contribution in [3.05, 3.63) is 65.5 Å². The molecule has 0 N–H and O–H groups in total. The van der Waals surface area contributed by atoms with Crippen molar-refractivity contribution in [3.63, 3.8) is 0 Å². The molecule has 0 radical (unpaired) electrons. The average molecular weight is 340 g/mol. The van der Waals surface area contributed by atoms with Crippen molar-refractivity contribution in [1.29, 1.82) is 0 Å². The van der Waals surface area contributed by atoms with E-state index >= 15 is 0 Å². The molecule has 0 spiro atoms. The molecule has 2 aromatic rings. The van der Waals surface area contributed by atoms with Crippen LogP contribution in [0.4, 0.5) is 0 Å². The van der Waals surface area contributed by atoms with Gasteiger partial charge in [-0.05, 0) is 22.3 Å². The van der Waals surface area contributed by atoms with Gasteiger partial charge in [-0.3, -0.25) is 0 Å². The van der Waals surface area contributed by atoms with Crippen LogP contribution >= 0.6 is 7.71 Å². The summed E-state index contributed by atoms with van der Waals surface area (Å²) in [6, 6.07) is 17.5. The summed E-state index contributed by atoms with van der Waals surface area (Å²) >= 11 is 0. The molecule has 1 aliphatic carbocycles. The fourth-order valence-corrected chi connectivity index (χ4v) is 7.25. The van der Waals surface area contributed by atoms with Gasteiger partial charge in [0.25, 0.3) is 7.71 Å². The van der Waals surface area contributed by atoms with Crippen molar-refractivity contribution in [2.45, 2.75) is 0 Å². The van der Waals surface area contributed by atoms with E-state index in [-0.39, 0.29) is 0 Å². The normalized spacial score (nSPS) is 13.6. The highest BCUT2D eigenvalue weighted by atomic mass is 31.2. The quantitative estimate of drug-likeness (QED) is 0.647. The summed E-state index contributed by atoms with van der Waals surface area (Å²) in [4.78, 5) is 0. The maximum absolute atomic E-state index is 2.50. The second-order valence-corrected chi connectivity index (χ2v) is 10.7. The van der Waals surface area contributed by atoms with Gasteiger partial charge in [0.1, 0.15) is 5.82 Å². The van der Waals surface area contributed by atoms with Crippen LogP contribution in [0.25, 0.3) is 16.7 Å². The molecule has 0 fully saturated rings. The lowest BCUT2D eigenvalue weighted by molar-refractivity contribution is 0.472. The Bertz CT molecular complexity index is 709. The molecule has 0 bridgehead atoms. The molecule has 1 aliphatic rings. The maximum Gasteiger partial charge on any atom is 0.253 e. The Morgan fingerprint density at radius 3 is 1.25 bits per heavy atom. The van der Waals surface area contributed by atoms with Crippen LogP contribution < -0.4 is 0 Å². The van der Waals surface area contributed by atoms with Crippen molar-refractivity contribution in [2.24, 2.45) is 0 Å². The predicted octanol–water partition coefficient (Wildman–Crippen LogP) is 4.50. The van der Waals surface area contributed by atoms with Gasteiger partial charge in [-0.25, -0.2) is 0 Å². The zero-order chi connectivity index (χ0) is 17.5. The number of fused-ring (bicyclic) bond motifs is 3. The fourth-order valence-electron chi connectivity index (χ4n) is 3.78. The van der Waals surface area contributed by atoms with Crippen LogP contribution in [0.5, 0.6) is 0 Å². The molecular formula is C20H27N3P+. The minimum absolute atomic E-state index is 1.34. The van der Waals surface area contributed by atoms with Crippen LogP contribution in [0, 0.1) is 0 Å². The van der Waals surface area contributed by atoms with Gasteiger partial charge in [-0.2, -0.15) is 14.0 Å². The highest BCUT2D eigenvalue weighted by molar-refractivity contribution is 7.72. The number of benzene rings is 2. The van der Waals surface area contributed by atoms with Gasteiger partial charge < -0.3 is 0 Å². The first-order chi connectivity index (χ1) is 11.4. The van der Waals surface area contributed by atoms with Gasteiger partial charge in [0, 0.05) is 47.9 Å². The maximum atomic E-state index is 2.50. The number of nitrogens with zero attached hydrogens (tertiary/aromatic N) is 3. The number of hydrogen-bond donors (Lipinski definition) is 0. The highest BCUT2D eigenvalue weighted by Gasteiger charge is 2.47. The Labute approximate surface area is 146 Å². The van der Waals surface area contributed by atoms with E-state index in [1.54, 1.807) is 0 Å². The number of hydrogen-bond acceptors (Lipinski definition) is 3. The first kappa shape index (κ1) is 17.3. The third-order valence-corrected chi connectivity index (χ3v) is 8.93. The lowest BCUT2D eigenvalue weighted by atomic mass is 10.1. The van der Waals surface area contributed by atoms with Crippen LogP contribution in [-0.4, -0.2) is 56.3 Å². The minimum Gasteiger partial charge on any atom is -0.151 e. The highest BCUT2D eigenvalue weighted by Crippen LogP contribution is 2.67. The van der Waals surface area contributed by atoms with Crippen LogP contribution in [0.3, 0.4) is 0 Å². The van der Waals surface area contributed by atoms with Gasteiger partial charge in [-0.15, -0.1) is 0 Å². The van der Waals surface area contributed by atoms with Gasteiger partial charge in [0.05, 0.1) is 0 Å². The molecule has 3 rings (SSSR count). The Balaban J connectivity index is 2.29. The van der Waals surface area contributed by atoms with E-state index in [4.69, 9.17) is 0 Å². The molecule has 0 saturated carbocycles. The summed E-state index contributed by atoms with van der Waals surface area (Å²) < 4.78 is 7.09. The van der Waals surface area contributed by atoms with Crippen LogP contribution in [0.2, 0.25) is 0 Å². The predicted molar refractivity (Wildman–Crippen MR) is 107 cm³/mol. The van der Waals surface area contributed by atoms with E-state index in [9.17, 15) is 0 Å². The molecule has 0 aromatic heterocycles. The molecular weight excluding hydrogens is 313 g/mol. The van der Waals surface area contributed by atoms with Crippen LogP contribution in [-0.2, 0) is 0 Å². The first-order valence-electron chi connectivity index (χ1n) is 8.23. The largest absolute Gasteiger partial charge is 0.253 e. The number of rotatable bonds is 4. The zero-order valence-electron chi connectivity index (χ0n) is 15.5. The van der Waals surface area contributed by atoms with Crippen molar-refractivity contribution < 1.29 is 0 Å². The molecule has 126 valence electrons. The van der Waals surface area contributed by atoms with Crippen LogP contribution in [0.1, 0.15) is 11.1 Å². The lowest BCUT2D eigenvalue weighted by Gasteiger charge is -2.37. The fraction of sp³-hybridized carbons (Fsp3) is 0.300. The average Bonchev–Trinajstić information content (AvgIpc) is 2.85. The third kappa shape index (κ3) is 2.53. The van der Waals surface area contributed by atoms with Crippen molar-refractivity contribution >= 4 is 13.3 Å². The summed E-state index contributed by atoms with van der Waals surface area (Å²) in [6.45, 7) is 0. The molecule has 4 heteroatoms. The molecule has 0 saturated heterocycles. The van der Waals surface area contributed by atoms with Gasteiger partial charge in [0.15, 0.2) is 0 Å². The molecule has 0 amide bonds. The Morgan fingerprint density at radius 1 is 0.583 bits per heavy atom. The SMILES string of the molecule is CN(C)[P+](C=C1c2ccccc2-c2ccccc21)(N(C)C)N(C)C. The molecule has 0 atom stereocenters. The molecule has 24 heavy (non-hydrogen) atoms. The van der Waals surface area contributed by atoms with E-state index in [0.29, 0.717) is 0 Å². The standard InChI is InChI=1S/C20H27N3P/c1-21(2)24(22(3)4,23(5)6)15-20-18-13-9-7-11-16(18)17-12-8-10-14-19(17)20/h7-15H,1-6H3/q+1. The van der Waals surface area contributed by atoms with Crippen molar-refractivity contribution in [1.82, 2.24) is 14.0 Å². The zero-order valence-corrected chi connectivity index (χ0v) is 16.4. The first-order valence-corrected chi connectivity index (χ1v) is 9.95. The van der Waals surface area contributed by atoms with Crippen molar-refractivity contribution in [2.75, 3.05) is 42.3 Å². The van der Waals surface area contributed by atoms with E-state index < -0.39 is 7.71 Å². The summed E-state index contributed by atoms with van der Waals surface area (Å²) in [5.74, 6) is 2.50. The summed E-state index contributed by atoms with van der Waals surface area (Å²) in [5, 5.41) is 0. The Morgan fingerprint density at radius 2 is 0.917 bits per heavy atom. The van der Waals surface area contributed by atoms with Gasteiger partial charge in [-0.1, -0.05) is 48.5 Å². The molecule has 2 aromatic carbocycles. The minimum atomic E-state index is -1.73. The molecule has 0 heterocycles. The van der Waals surface area contributed by atoms with Crippen molar-refractivity contribution in [3.8, 4) is 11.1 Å². The van der Waals surface area contributed by atoms with E-state index in [1.165, 1.54) is 27.8 Å². The molecule has 0 aliphatic heterocycles. The van der Waals surface area contributed by atoms with E-state index in [2.05, 4.69) is 111 Å². The monoisotopic (exact) mass is 340 g/mol. The topological polar surface area (TPSA) is 9.72 Å². The summed E-state index contributed by atoms with van der Waals surface area (Å²) in [6.07, 6.45) is 0. The summed E-state index contributed by atoms with van der Waals surface area (Å²) in [7, 11) is 11.3. The van der Waals surface area contributed by atoms with Gasteiger partial charge >= 0.3 is 0 Å². The Kier molecular flexibility index (Phi) is 4.63. The summed E-state index contributed by atoms with van der Waals surface area (Å²) in [5.41, 5.74) is 6.72.